The number of likely N-dealkylation sites (tertiary alicyclic amines) is 1. The van der Waals surface area contributed by atoms with Gasteiger partial charge in [0.15, 0.2) is 0 Å². The number of carbonyl (C=O) groups is 2. The third-order valence-electron chi connectivity index (χ3n) is 5.01. The van der Waals surface area contributed by atoms with Crippen molar-refractivity contribution < 1.29 is 14.7 Å². The zero-order valence-electron chi connectivity index (χ0n) is 14.5. The lowest BCUT2D eigenvalue weighted by molar-refractivity contribution is -0.139. The standard InChI is InChI=1S/C20H24N2O3/c1-2-21(14-19(23)24)18-9-11-22(12-10-18)20(25)17-8-7-15-5-3-4-6-16(15)13-17/h3-8,13,18H,2,9-12,14H2,1H3,(H,23,24). The van der Waals surface area contributed by atoms with E-state index in [4.69, 9.17) is 5.11 Å². The van der Waals surface area contributed by atoms with Crippen LogP contribution < -0.4 is 0 Å². The quantitative estimate of drug-likeness (QED) is 0.909. The van der Waals surface area contributed by atoms with Crippen molar-refractivity contribution in [1.82, 2.24) is 9.80 Å². The minimum absolute atomic E-state index is 0.0606. The molecular weight excluding hydrogens is 316 g/mol. The van der Waals surface area contributed by atoms with Gasteiger partial charge in [-0.15, -0.1) is 0 Å². The molecule has 2 aromatic rings. The van der Waals surface area contributed by atoms with Crippen LogP contribution in [0, 0.1) is 0 Å². The molecule has 1 N–H and O–H groups in total. The Balaban J connectivity index is 1.65. The minimum Gasteiger partial charge on any atom is -0.480 e. The SMILES string of the molecule is CCN(CC(=O)O)C1CCN(C(=O)c2ccc3ccccc3c2)CC1. The Morgan fingerprint density at radius 2 is 1.80 bits per heavy atom. The molecule has 5 nitrogen and oxygen atoms in total. The first kappa shape index (κ1) is 17.4. The van der Waals surface area contributed by atoms with Crippen LogP contribution >= 0.6 is 0 Å². The van der Waals surface area contributed by atoms with Gasteiger partial charge in [-0.2, -0.15) is 0 Å². The molecule has 25 heavy (non-hydrogen) atoms. The number of nitrogens with zero attached hydrogens (tertiary/aromatic N) is 2. The van der Waals surface area contributed by atoms with Crippen LogP contribution in [0.5, 0.6) is 0 Å². The lowest BCUT2D eigenvalue weighted by atomic mass is 10.0. The van der Waals surface area contributed by atoms with Gasteiger partial charge in [0.2, 0.25) is 0 Å². The van der Waals surface area contributed by atoms with Crippen LogP contribution in [-0.2, 0) is 4.79 Å². The Morgan fingerprint density at radius 1 is 1.12 bits per heavy atom. The van der Waals surface area contributed by atoms with Crippen molar-refractivity contribution in [2.24, 2.45) is 0 Å². The predicted octanol–water partition coefficient (Wildman–Crippen LogP) is 2.85. The Bertz CT molecular complexity index is 766. The molecule has 132 valence electrons. The number of rotatable bonds is 5. The summed E-state index contributed by atoms with van der Waals surface area (Å²) in [7, 11) is 0. The van der Waals surface area contributed by atoms with Crippen molar-refractivity contribution in [1.29, 1.82) is 0 Å². The summed E-state index contributed by atoms with van der Waals surface area (Å²) in [5.41, 5.74) is 0.718. The topological polar surface area (TPSA) is 60.9 Å². The van der Waals surface area contributed by atoms with Crippen LogP contribution in [0.15, 0.2) is 42.5 Å². The summed E-state index contributed by atoms with van der Waals surface area (Å²) >= 11 is 0. The van der Waals surface area contributed by atoms with Crippen LogP contribution in [0.2, 0.25) is 0 Å². The fourth-order valence-electron chi connectivity index (χ4n) is 3.61. The van der Waals surface area contributed by atoms with Crippen molar-refractivity contribution in [3.63, 3.8) is 0 Å². The molecule has 0 spiro atoms. The summed E-state index contributed by atoms with van der Waals surface area (Å²) in [4.78, 5) is 27.6. The van der Waals surface area contributed by atoms with Gasteiger partial charge in [-0.1, -0.05) is 37.3 Å². The minimum atomic E-state index is -0.795. The largest absolute Gasteiger partial charge is 0.480 e. The van der Waals surface area contributed by atoms with E-state index >= 15 is 0 Å². The molecule has 0 aliphatic carbocycles. The van der Waals surface area contributed by atoms with Gasteiger partial charge in [0, 0.05) is 24.7 Å². The number of aliphatic carboxylic acids is 1. The van der Waals surface area contributed by atoms with E-state index in [0.717, 1.165) is 35.7 Å². The molecular formula is C20H24N2O3. The molecule has 0 unspecified atom stereocenters. The molecule has 1 fully saturated rings. The van der Waals surface area contributed by atoms with E-state index < -0.39 is 5.97 Å². The summed E-state index contributed by atoms with van der Waals surface area (Å²) in [6, 6.07) is 14.1. The highest BCUT2D eigenvalue weighted by Crippen LogP contribution is 2.21. The fraction of sp³-hybridized carbons (Fsp3) is 0.400. The van der Waals surface area contributed by atoms with Crippen LogP contribution in [0.4, 0.5) is 0 Å². The third-order valence-corrected chi connectivity index (χ3v) is 5.01. The molecule has 1 heterocycles. The molecule has 1 saturated heterocycles. The fourth-order valence-corrected chi connectivity index (χ4v) is 3.61. The van der Waals surface area contributed by atoms with Gasteiger partial charge >= 0.3 is 5.97 Å². The first-order chi connectivity index (χ1) is 12.1. The molecule has 0 bridgehead atoms. The van der Waals surface area contributed by atoms with Crippen molar-refractivity contribution in [2.75, 3.05) is 26.2 Å². The third kappa shape index (κ3) is 3.99. The van der Waals surface area contributed by atoms with Crippen molar-refractivity contribution >= 4 is 22.6 Å². The number of carboxylic acid groups (broad SMARTS) is 1. The monoisotopic (exact) mass is 340 g/mol. The number of carboxylic acids is 1. The maximum absolute atomic E-state index is 12.8. The second-order valence-electron chi connectivity index (χ2n) is 6.54. The summed E-state index contributed by atoms with van der Waals surface area (Å²) in [6.07, 6.45) is 1.64. The Labute approximate surface area is 147 Å². The van der Waals surface area contributed by atoms with E-state index in [1.807, 2.05) is 59.2 Å². The van der Waals surface area contributed by atoms with Crippen molar-refractivity contribution in [3.8, 4) is 0 Å². The van der Waals surface area contributed by atoms with Gasteiger partial charge in [-0.25, -0.2) is 0 Å². The van der Waals surface area contributed by atoms with Crippen LogP contribution in [0.3, 0.4) is 0 Å². The van der Waals surface area contributed by atoms with Crippen LogP contribution in [0.25, 0.3) is 10.8 Å². The van der Waals surface area contributed by atoms with E-state index in [0.29, 0.717) is 13.1 Å². The van der Waals surface area contributed by atoms with Gasteiger partial charge in [0.1, 0.15) is 0 Å². The van der Waals surface area contributed by atoms with Gasteiger partial charge in [-0.3, -0.25) is 14.5 Å². The zero-order valence-corrected chi connectivity index (χ0v) is 14.5. The predicted molar refractivity (Wildman–Crippen MR) is 97.8 cm³/mol. The maximum Gasteiger partial charge on any atom is 0.317 e. The molecule has 1 amide bonds. The number of piperidine rings is 1. The smallest absolute Gasteiger partial charge is 0.317 e. The Hall–Kier alpha value is -2.40. The van der Waals surface area contributed by atoms with E-state index in [-0.39, 0.29) is 18.5 Å². The van der Waals surface area contributed by atoms with E-state index in [1.165, 1.54) is 0 Å². The summed E-state index contributed by atoms with van der Waals surface area (Å²) in [6.45, 7) is 4.11. The Kier molecular flexibility index (Phi) is 5.34. The van der Waals surface area contributed by atoms with Crippen LogP contribution in [-0.4, -0.2) is 59.0 Å². The van der Waals surface area contributed by atoms with Gasteiger partial charge in [0.05, 0.1) is 6.54 Å². The second kappa shape index (κ2) is 7.66. The number of benzene rings is 2. The summed E-state index contributed by atoms with van der Waals surface area (Å²) < 4.78 is 0. The molecule has 0 aromatic heterocycles. The molecule has 5 heteroatoms. The van der Waals surface area contributed by atoms with Crippen LogP contribution in [0.1, 0.15) is 30.1 Å². The average molecular weight is 340 g/mol. The number of likely N-dealkylation sites (N-methyl/N-ethyl adjacent to an activating group) is 1. The number of fused-ring (bicyclic) bond motifs is 1. The normalized spacial score (nSPS) is 15.7. The highest BCUT2D eigenvalue weighted by molar-refractivity contribution is 5.98. The van der Waals surface area contributed by atoms with Gasteiger partial charge in [0.25, 0.3) is 5.91 Å². The summed E-state index contributed by atoms with van der Waals surface area (Å²) in [5, 5.41) is 11.2. The van der Waals surface area contributed by atoms with Gasteiger partial charge in [-0.05, 0) is 42.3 Å². The number of carbonyl (C=O) groups excluding carboxylic acids is 1. The highest BCUT2D eigenvalue weighted by atomic mass is 16.4. The zero-order chi connectivity index (χ0) is 17.8. The van der Waals surface area contributed by atoms with E-state index in [9.17, 15) is 9.59 Å². The lowest BCUT2D eigenvalue weighted by Crippen LogP contribution is -2.48. The molecule has 1 aliphatic rings. The Morgan fingerprint density at radius 3 is 2.44 bits per heavy atom. The molecule has 0 radical (unpaired) electrons. The first-order valence-corrected chi connectivity index (χ1v) is 8.82. The van der Waals surface area contributed by atoms with Crippen molar-refractivity contribution in [3.05, 3.63) is 48.0 Å². The average Bonchev–Trinajstić information content (AvgIpc) is 2.65. The second-order valence-corrected chi connectivity index (χ2v) is 6.54. The first-order valence-electron chi connectivity index (χ1n) is 8.82. The number of amides is 1. The lowest BCUT2D eigenvalue weighted by Gasteiger charge is -2.37. The molecule has 0 atom stereocenters. The number of hydrogen-bond donors (Lipinski definition) is 1. The summed E-state index contributed by atoms with van der Waals surface area (Å²) in [5.74, 6) is -0.734. The van der Waals surface area contributed by atoms with Crippen molar-refractivity contribution in [2.45, 2.75) is 25.8 Å². The highest BCUT2D eigenvalue weighted by Gasteiger charge is 2.27. The molecule has 0 saturated carbocycles. The molecule has 1 aliphatic heterocycles. The van der Waals surface area contributed by atoms with Gasteiger partial charge < -0.3 is 10.0 Å². The van der Waals surface area contributed by atoms with E-state index in [2.05, 4.69) is 0 Å². The number of hydrogen-bond acceptors (Lipinski definition) is 3. The maximum atomic E-state index is 12.8. The van der Waals surface area contributed by atoms with E-state index in [1.54, 1.807) is 0 Å². The molecule has 2 aromatic carbocycles. The molecule has 3 rings (SSSR count).